The van der Waals surface area contributed by atoms with Gasteiger partial charge in [0.1, 0.15) is 0 Å². The summed E-state index contributed by atoms with van der Waals surface area (Å²) >= 11 is 6.09. The van der Waals surface area contributed by atoms with Gasteiger partial charge in [0.2, 0.25) is 5.82 Å². The van der Waals surface area contributed by atoms with Crippen LogP contribution in [0, 0.1) is 0 Å². The van der Waals surface area contributed by atoms with Gasteiger partial charge in [-0.1, -0.05) is 17.7 Å². The average molecular weight is 304 g/mol. The third-order valence-corrected chi connectivity index (χ3v) is 3.28. The van der Waals surface area contributed by atoms with Crippen molar-refractivity contribution < 1.29 is 9.53 Å². The fourth-order valence-corrected chi connectivity index (χ4v) is 2.23. The van der Waals surface area contributed by atoms with Crippen LogP contribution in [0.25, 0.3) is 21.9 Å². The number of esters is 1. The molecule has 0 aliphatic carbocycles. The van der Waals surface area contributed by atoms with Gasteiger partial charge in [0.25, 0.3) is 5.56 Å². The van der Waals surface area contributed by atoms with Gasteiger partial charge < -0.3 is 9.72 Å². The van der Waals surface area contributed by atoms with Crippen LogP contribution in [0.3, 0.4) is 0 Å². The lowest BCUT2D eigenvalue weighted by Gasteiger charge is -2.04. The van der Waals surface area contributed by atoms with Gasteiger partial charge in [-0.2, -0.15) is 0 Å². The van der Waals surface area contributed by atoms with E-state index in [1.807, 2.05) is 0 Å². The number of halogens is 1. The highest BCUT2D eigenvalue weighted by Crippen LogP contribution is 2.23. The lowest BCUT2D eigenvalue weighted by atomic mass is 10.2. The summed E-state index contributed by atoms with van der Waals surface area (Å²) < 4.78 is 4.82. The molecule has 0 bridgehead atoms. The lowest BCUT2D eigenvalue weighted by molar-refractivity contribution is 0.0512. The maximum absolute atomic E-state index is 12.1. The van der Waals surface area contributed by atoms with E-state index in [-0.39, 0.29) is 23.5 Å². The maximum atomic E-state index is 12.1. The van der Waals surface area contributed by atoms with Crippen LogP contribution in [0.2, 0.25) is 5.02 Å². The van der Waals surface area contributed by atoms with Crippen LogP contribution in [0.1, 0.15) is 17.5 Å². The predicted molar refractivity (Wildman–Crippen MR) is 78.6 cm³/mol. The molecule has 0 atom stereocenters. The van der Waals surface area contributed by atoms with Crippen LogP contribution >= 0.6 is 11.6 Å². The Morgan fingerprint density at radius 3 is 2.90 bits per heavy atom. The van der Waals surface area contributed by atoms with Crippen LogP contribution < -0.4 is 5.56 Å². The van der Waals surface area contributed by atoms with Gasteiger partial charge in [-0.25, -0.2) is 14.8 Å². The highest BCUT2D eigenvalue weighted by atomic mass is 35.5. The van der Waals surface area contributed by atoms with Crippen LogP contribution in [-0.2, 0) is 4.74 Å². The normalized spacial score (nSPS) is 11.0. The Balaban J connectivity index is 2.30. The molecule has 7 heteroatoms. The first-order valence-corrected chi connectivity index (χ1v) is 6.64. The van der Waals surface area contributed by atoms with Crippen LogP contribution in [0.5, 0.6) is 0 Å². The largest absolute Gasteiger partial charge is 0.460 e. The summed E-state index contributed by atoms with van der Waals surface area (Å²) in [6.07, 6.45) is 0. The average Bonchev–Trinajstić information content (AvgIpc) is 2.46. The number of ether oxygens (including phenoxy) is 1. The van der Waals surface area contributed by atoms with E-state index >= 15 is 0 Å². The van der Waals surface area contributed by atoms with E-state index in [1.165, 1.54) is 0 Å². The highest BCUT2D eigenvalue weighted by Gasteiger charge is 2.14. The number of fused-ring (bicyclic) bond motifs is 2. The summed E-state index contributed by atoms with van der Waals surface area (Å²) in [6.45, 7) is 1.87. The van der Waals surface area contributed by atoms with Gasteiger partial charge in [-0.3, -0.25) is 4.79 Å². The summed E-state index contributed by atoms with van der Waals surface area (Å²) in [5.41, 5.74) is 0.317. The highest BCUT2D eigenvalue weighted by molar-refractivity contribution is 6.35. The Labute approximate surface area is 123 Å². The van der Waals surface area contributed by atoms with Crippen molar-refractivity contribution in [1.29, 1.82) is 0 Å². The zero-order chi connectivity index (χ0) is 15.0. The number of hydrogen-bond acceptors (Lipinski definition) is 5. The monoisotopic (exact) mass is 303 g/mol. The molecule has 2 aromatic heterocycles. The first-order valence-electron chi connectivity index (χ1n) is 6.26. The first-order chi connectivity index (χ1) is 10.1. The Hall–Kier alpha value is -2.47. The molecule has 0 aliphatic heterocycles. The Morgan fingerprint density at radius 1 is 1.33 bits per heavy atom. The molecule has 3 rings (SSSR count). The first kappa shape index (κ1) is 13.5. The molecular weight excluding hydrogens is 294 g/mol. The molecule has 3 aromatic rings. The molecule has 0 saturated carbocycles. The van der Waals surface area contributed by atoms with E-state index in [0.29, 0.717) is 15.9 Å². The minimum absolute atomic E-state index is 0.164. The summed E-state index contributed by atoms with van der Waals surface area (Å²) in [6, 6.07) is 6.84. The van der Waals surface area contributed by atoms with E-state index in [4.69, 9.17) is 16.3 Å². The summed E-state index contributed by atoms with van der Waals surface area (Å²) in [4.78, 5) is 34.5. The number of nitrogens with one attached hydrogen (secondary N) is 1. The van der Waals surface area contributed by atoms with Crippen molar-refractivity contribution in [2.45, 2.75) is 6.92 Å². The third-order valence-electron chi connectivity index (χ3n) is 2.95. The number of hydrogen-bond donors (Lipinski definition) is 1. The summed E-state index contributed by atoms with van der Waals surface area (Å²) in [7, 11) is 0. The van der Waals surface area contributed by atoms with E-state index in [0.717, 1.165) is 0 Å². The molecule has 0 spiro atoms. The fourth-order valence-electron chi connectivity index (χ4n) is 2.01. The molecule has 0 saturated heterocycles. The van der Waals surface area contributed by atoms with Crippen molar-refractivity contribution in [2.75, 3.05) is 6.61 Å². The van der Waals surface area contributed by atoms with Crippen LogP contribution in [-0.4, -0.2) is 27.5 Å². The third kappa shape index (κ3) is 2.34. The molecule has 0 amide bonds. The van der Waals surface area contributed by atoms with Crippen molar-refractivity contribution in [3.05, 3.63) is 45.5 Å². The zero-order valence-corrected chi connectivity index (χ0v) is 11.8. The van der Waals surface area contributed by atoms with Crippen molar-refractivity contribution in [3.63, 3.8) is 0 Å². The lowest BCUT2D eigenvalue weighted by Crippen LogP contribution is -2.18. The number of nitrogens with zero attached hydrogens (tertiary/aromatic N) is 2. The molecule has 0 radical (unpaired) electrons. The van der Waals surface area contributed by atoms with Gasteiger partial charge >= 0.3 is 5.97 Å². The topological polar surface area (TPSA) is 84.9 Å². The number of rotatable bonds is 2. The van der Waals surface area contributed by atoms with Crippen molar-refractivity contribution in [3.8, 4) is 0 Å². The Morgan fingerprint density at radius 2 is 2.14 bits per heavy atom. The molecule has 21 heavy (non-hydrogen) atoms. The molecule has 0 fully saturated rings. The zero-order valence-electron chi connectivity index (χ0n) is 11.0. The minimum Gasteiger partial charge on any atom is -0.460 e. The SMILES string of the molecule is CCOC(=O)c1nc2nc3cccc(Cl)c3cc2c(=O)[nH]1. The van der Waals surface area contributed by atoms with E-state index < -0.39 is 11.5 Å². The molecule has 1 aromatic carbocycles. The molecule has 0 unspecified atom stereocenters. The van der Waals surface area contributed by atoms with Gasteiger partial charge in [-0.05, 0) is 25.1 Å². The molecule has 106 valence electrons. The second-order valence-corrected chi connectivity index (χ2v) is 4.71. The Kier molecular flexibility index (Phi) is 3.31. The smallest absolute Gasteiger partial charge is 0.374 e. The van der Waals surface area contributed by atoms with Crippen LogP contribution in [0.15, 0.2) is 29.1 Å². The van der Waals surface area contributed by atoms with E-state index in [1.54, 1.807) is 31.2 Å². The number of H-pyrrole nitrogens is 1. The molecule has 0 aliphatic rings. The number of benzene rings is 1. The van der Waals surface area contributed by atoms with Crippen molar-refractivity contribution >= 4 is 39.5 Å². The maximum Gasteiger partial charge on any atom is 0.374 e. The van der Waals surface area contributed by atoms with Crippen molar-refractivity contribution in [1.82, 2.24) is 15.0 Å². The van der Waals surface area contributed by atoms with Gasteiger partial charge in [0, 0.05) is 10.4 Å². The molecule has 2 heterocycles. The summed E-state index contributed by atoms with van der Waals surface area (Å²) in [5, 5.41) is 1.42. The summed E-state index contributed by atoms with van der Waals surface area (Å²) in [5.74, 6) is -0.854. The van der Waals surface area contributed by atoms with E-state index in [2.05, 4.69) is 15.0 Å². The molecular formula is C14H10ClN3O3. The van der Waals surface area contributed by atoms with Crippen LogP contribution in [0.4, 0.5) is 0 Å². The second kappa shape index (κ2) is 5.14. The number of carbonyl (C=O) groups excluding carboxylic acids is 1. The minimum atomic E-state index is -0.690. The standard InChI is InChI=1S/C14H10ClN3O3/c1-2-21-14(20)12-17-11-8(13(19)18-12)6-7-9(15)4-3-5-10(7)16-11/h3-6H,2H2,1H3,(H,16,17,18,19). The van der Waals surface area contributed by atoms with Gasteiger partial charge in [-0.15, -0.1) is 0 Å². The van der Waals surface area contributed by atoms with Crippen molar-refractivity contribution in [2.24, 2.45) is 0 Å². The number of aromatic amines is 1. The molecule has 6 nitrogen and oxygen atoms in total. The Bertz CT molecular complexity index is 920. The second-order valence-electron chi connectivity index (χ2n) is 4.30. The fraction of sp³-hybridized carbons (Fsp3) is 0.143. The van der Waals surface area contributed by atoms with Gasteiger partial charge in [0.05, 0.1) is 17.5 Å². The van der Waals surface area contributed by atoms with E-state index in [9.17, 15) is 9.59 Å². The quantitative estimate of drug-likeness (QED) is 0.580. The predicted octanol–water partition coefficient (Wildman–Crippen LogP) is 2.30. The number of pyridine rings is 1. The number of carbonyl (C=O) groups is 1. The van der Waals surface area contributed by atoms with Gasteiger partial charge in [0.15, 0.2) is 5.65 Å². The number of aromatic nitrogens is 3. The molecule has 1 N–H and O–H groups in total.